The number of benzene rings is 1. The van der Waals surface area contributed by atoms with E-state index in [2.05, 4.69) is 27.4 Å². The van der Waals surface area contributed by atoms with E-state index in [-0.39, 0.29) is 12.1 Å². The van der Waals surface area contributed by atoms with Gasteiger partial charge in [-0.25, -0.2) is 14.8 Å². The first-order valence-corrected chi connectivity index (χ1v) is 12.8. The van der Waals surface area contributed by atoms with Gasteiger partial charge in [-0.1, -0.05) is 0 Å². The fourth-order valence-corrected chi connectivity index (χ4v) is 5.10. The number of hydrogen-bond acceptors (Lipinski definition) is 8. The zero-order valence-electron chi connectivity index (χ0n) is 21.4. The minimum absolute atomic E-state index is 0.220. The molecule has 1 atom stereocenters. The van der Waals surface area contributed by atoms with Crippen LogP contribution in [-0.4, -0.2) is 85.3 Å². The van der Waals surface area contributed by atoms with Gasteiger partial charge in [0.2, 0.25) is 0 Å². The third kappa shape index (κ3) is 5.46. The average Bonchev–Trinajstić information content (AvgIpc) is 3.30. The molecule has 2 aromatic rings. The number of urea groups is 1. The van der Waals surface area contributed by atoms with E-state index in [0.717, 1.165) is 48.8 Å². The summed E-state index contributed by atoms with van der Waals surface area (Å²) in [5.41, 5.74) is 3.90. The van der Waals surface area contributed by atoms with Gasteiger partial charge in [0.15, 0.2) is 11.6 Å². The Morgan fingerprint density at radius 2 is 1.92 bits per heavy atom. The highest BCUT2D eigenvalue weighted by Crippen LogP contribution is 2.32. The van der Waals surface area contributed by atoms with Crippen LogP contribution >= 0.6 is 0 Å². The highest BCUT2D eigenvalue weighted by molar-refractivity contribution is 5.89. The number of nitrogens with one attached hydrogen (secondary N) is 2. The summed E-state index contributed by atoms with van der Waals surface area (Å²) in [6, 6.07) is 7.70. The van der Waals surface area contributed by atoms with E-state index in [1.807, 2.05) is 38.1 Å². The molecular weight excluding hydrogens is 460 g/mol. The minimum atomic E-state index is -0.568. The SMILES string of the molecule is CCNC(=O)Nc1ccc(-c2nc3c(c(N4CCOCC4C)n2)CCN(CC2(C)OCCO2)C3)cc1. The molecule has 3 aliphatic rings. The molecule has 0 radical (unpaired) electrons. The Balaban J connectivity index is 1.44. The number of aromatic nitrogens is 2. The number of amides is 2. The van der Waals surface area contributed by atoms with Gasteiger partial charge in [0, 0.05) is 43.0 Å². The van der Waals surface area contributed by atoms with Gasteiger partial charge in [0.1, 0.15) is 5.82 Å². The summed E-state index contributed by atoms with van der Waals surface area (Å²) in [5.74, 6) is 1.13. The molecule has 1 aromatic carbocycles. The fraction of sp³-hybridized carbons (Fsp3) is 0.577. The van der Waals surface area contributed by atoms with Crippen LogP contribution in [0.25, 0.3) is 11.4 Å². The molecule has 0 aliphatic carbocycles. The Kier molecular flexibility index (Phi) is 7.38. The van der Waals surface area contributed by atoms with Crippen LogP contribution < -0.4 is 15.5 Å². The molecular formula is C26H36N6O4. The Morgan fingerprint density at radius 1 is 1.14 bits per heavy atom. The third-order valence-electron chi connectivity index (χ3n) is 6.91. The maximum absolute atomic E-state index is 11.9. The smallest absolute Gasteiger partial charge is 0.319 e. The van der Waals surface area contributed by atoms with Gasteiger partial charge in [-0.15, -0.1) is 0 Å². The summed E-state index contributed by atoms with van der Waals surface area (Å²) in [6.45, 7) is 12.4. The van der Waals surface area contributed by atoms with Crippen molar-refractivity contribution in [3.8, 4) is 11.4 Å². The second-order valence-electron chi connectivity index (χ2n) is 9.77. The van der Waals surface area contributed by atoms with Gasteiger partial charge >= 0.3 is 6.03 Å². The summed E-state index contributed by atoms with van der Waals surface area (Å²) in [5, 5.41) is 5.58. The van der Waals surface area contributed by atoms with Gasteiger partial charge in [-0.05, 0) is 51.5 Å². The molecule has 5 rings (SSSR count). The minimum Gasteiger partial charge on any atom is -0.377 e. The lowest BCUT2D eigenvalue weighted by atomic mass is 10.0. The third-order valence-corrected chi connectivity index (χ3v) is 6.91. The normalized spacial score (nSPS) is 21.8. The molecule has 10 nitrogen and oxygen atoms in total. The van der Waals surface area contributed by atoms with Crippen molar-refractivity contribution in [1.29, 1.82) is 0 Å². The second-order valence-corrected chi connectivity index (χ2v) is 9.77. The Labute approximate surface area is 212 Å². The molecule has 3 aliphatic heterocycles. The van der Waals surface area contributed by atoms with Crippen LogP contribution in [0.4, 0.5) is 16.3 Å². The highest BCUT2D eigenvalue weighted by Gasteiger charge is 2.36. The van der Waals surface area contributed by atoms with Crippen molar-refractivity contribution < 1.29 is 19.0 Å². The number of hydrogen-bond donors (Lipinski definition) is 2. The molecule has 2 saturated heterocycles. The average molecular weight is 497 g/mol. The van der Waals surface area contributed by atoms with E-state index in [4.69, 9.17) is 24.2 Å². The number of nitrogens with zero attached hydrogens (tertiary/aromatic N) is 4. The van der Waals surface area contributed by atoms with E-state index < -0.39 is 5.79 Å². The summed E-state index contributed by atoms with van der Waals surface area (Å²) in [7, 11) is 0. The first-order valence-electron chi connectivity index (χ1n) is 12.8. The number of fused-ring (bicyclic) bond motifs is 1. The monoisotopic (exact) mass is 496 g/mol. The zero-order valence-corrected chi connectivity index (χ0v) is 21.4. The predicted octanol–water partition coefficient (Wildman–Crippen LogP) is 2.63. The first-order chi connectivity index (χ1) is 17.4. The van der Waals surface area contributed by atoms with Crippen molar-refractivity contribution in [3.63, 3.8) is 0 Å². The number of ether oxygens (including phenoxy) is 3. The lowest BCUT2D eigenvalue weighted by molar-refractivity contribution is -0.157. The zero-order chi connectivity index (χ0) is 25.1. The van der Waals surface area contributed by atoms with Gasteiger partial charge in [0.25, 0.3) is 0 Å². The van der Waals surface area contributed by atoms with Crippen molar-refractivity contribution in [2.24, 2.45) is 0 Å². The summed E-state index contributed by atoms with van der Waals surface area (Å²) >= 11 is 0. The van der Waals surface area contributed by atoms with Crippen LogP contribution in [0.2, 0.25) is 0 Å². The molecule has 2 N–H and O–H groups in total. The van der Waals surface area contributed by atoms with Crippen LogP contribution in [0.5, 0.6) is 0 Å². The van der Waals surface area contributed by atoms with Crippen molar-refractivity contribution in [2.45, 2.75) is 45.6 Å². The van der Waals surface area contributed by atoms with E-state index >= 15 is 0 Å². The number of morpholine rings is 1. The first kappa shape index (κ1) is 24.9. The molecule has 0 bridgehead atoms. The van der Waals surface area contributed by atoms with Crippen LogP contribution in [-0.2, 0) is 27.2 Å². The topological polar surface area (TPSA) is 101 Å². The molecule has 0 spiro atoms. The number of anilines is 2. The van der Waals surface area contributed by atoms with Gasteiger partial charge < -0.3 is 29.7 Å². The van der Waals surface area contributed by atoms with Gasteiger partial charge in [-0.2, -0.15) is 0 Å². The van der Waals surface area contributed by atoms with Crippen LogP contribution in [0.15, 0.2) is 24.3 Å². The Hall–Kier alpha value is -2.79. The van der Waals surface area contributed by atoms with Crippen LogP contribution in [0.3, 0.4) is 0 Å². The van der Waals surface area contributed by atoms with Crippen LogP contribution in [0, 0.1) is 0 Å². The molecule has 1 unspecified atom stereocenters. The summed E-state index contributed by atoms with van der Waals surface area (Å²) in [6.07, 6.45) is 0.875. The molecule has 2 fully saturated rings. The molecule has 1 aromatic heterocycles. The largest absolute Gasteiger partial charge is 0.377 e. The number of rotatable bonds is 6. The molecule has 36 heavy (non-hydrogen) atoms. The number of carbonyl (C=O) groups is 1. The maximum Gasteiger partial charge on any atom is 0.319 e. The van der Waals surface area contributed by atoms with Gasteiger partial charge in [-0.3, -0.25) is 4.90 Å². The highest BCUT2D eigenvalue weighted by atomic mass is 16.7. The molecule has 0 saturated carbocycles. The summed E-state index contributed by atoms with van der Waals surface area (Å²) in [4.78, 5) is 26.7. The Morgan fingerprint density at radius 3 is 2.64 bits per heavy atom. The molecule has 10 heteroatoms. The van der Waals surface area contributed by atoms with E-state index in [9.17, 15) is 4.79 Å². The van der Waals surface area contributed by atoms with Gasteiger partial charge in [0.05, 0.1) is 44.7 Å². The maximum atomic E-state index is 11.9. The lowest BCUT2D eigenvalue weighted by Gasteiger charge is -2.38. The van der Waals surface area contributed by atoms with Crippen LogP contribution in [0.1, 0.15) is 32.0 Å². The van der Waals surface area contributed by atoms with Crippen molar-refractivity contribution in [3.05, 3.63) is 35.5 Å². The Bertz CT molecular complexity index is 1070. The predicted molar refractivity (Wildman–Crippen MR) is 137 cm³/mol. The summed E-state index contributed by atoms with van der Waals surface area (Å²) < 4.78 is 17.4. The van der Waals surface area contributed by atoms with Crippen molar-refractivity contribution >= 4 is 17.5 Å². The molecule has 2 amide bonds. The van der Waals surface area contributed by atoms with Crippen molar-refractivity contribution in [1.82, 2.24) is 20.2 Å². The molecule has 194 valence electrons. The van der Waals surface area contributed by atoms with E-state index in [0.29, 0.717) is 45.3 Å². The molecule has 4 heterocycles. The lowest BCUT2D eigenvalue weighted by Crippen LogP contribution is -2.47. The quantitative estimate of drug-likeness (QED) is 0.630. The second kappa shape index (κ2) is 10.7. The fourth-order valence-electron chi connectivity index (χ4n) is 5.10. The number of carbonyl (C=O) groups excluding carboxylic acids is 1. The standard InChI is InChI=1S/C26H36N6O4/c1-4-27-25(33)28-20-7-5-19(6-8-20)23-29-22-15-31(17-26(3)35-13-14-36-26)10-9-21(22)24(30-23)32-11-12-34-16-18(32)2/h5-8,18H,4,9-17H2,1-3H3,(H2,27,28,33). The van der Waals surface area contributed by atoms with E-state index in [1.165, 1.54) is 5.56 Å². The van der Waals surface area contributed by atoms with E-state index in [1.54, 1.807) is 0 Å². The van der Waals surface area contributed by atoms with Crippen molar-refractivity contribution in [2.75, 3.05) is 62.8 Å².